The van der Waals surface area contributed by atoms with Crippen LogP contribution >= 0.6 is 27.3 Å². The van der Waals surface area contributed by atoms with Crippen LogP contribution in [0.1, 0.15) is 23.4 Å². The third-order valence-corrected chi connectivity index (χ3v) is 4.38. The lowest BCUT2D eigenvalue weighted by molar-refractivity contribution is 0.407. The van der Waals surface area contributed by atoms with Gasteiger partial charge in [0.15, 0.2) is 0 Å². The van der Waals surface area contributed by atoms with Gasteiger partial charge < -0.3 is 10.1 Å². The SMILES string of the molecule is COc1ccc(Br)cc1CNCC(C)c1nccs1. The number of benzene rings is 1. The Balaban J connectivity index is 1.90. The van der Waals surface area contributed by atoms with Crippen LogP contribution in [-0.4, -0.2) is 18.6 Å². The van der Waals surface area contributed by atoms with Crippen LogP contribution in [0.4, 0.5) is 0 Å². The number of thiazole rings is 1. The van der Waals surface area contributed by atoms with Gasteiger partial charge in [-0.05, 0) is 18.2 Å². The van der Waals surface area contributed by atoms with Crippen molar-refractivity contribution in [1.82, 2.24) is 10.3 Å². The number of hydrogen-bond donors (Lipinski definition) is 1. The molecule has 1 heterocycles. The van der Waals surface area contributed by atoms with E-state index in [0.717, 1.165) is 28.9 Å². The Morgan fingerprint density at radius 1 is 1.47 bits per heavy atom. The number of nitrogens with one attached hydrogen (secondary N) is 1. The summed E-state index contributed by atoms with van der Waals surface area (Å²) in [4.78, 5) is 4.34. The topological polar surface area (TPSA) is 34.1 Å². The lowest BCUT2D eigenvalue weighted by atomic mass is 10.1. The summed E-state index contributed by atoms with van der Waals surface area (Å²) in [5.41, 5.74) is 1.16. The van der Waals surface area contributed by atoms with E-state index >= 15 is 0 Å². The molecular weight excluding hydrogens is 324 g/mol. The maximum absolute atomic E-state index is 5.36. The van der Waals surface area contributed by atoms with E-state index in [-0.39, 0.29) is 0 Å². The van der Waals surface area contributed by atoms with E-state index in [2.05, 4.69) is 39.2 Å². The van der Waals surface area contributed by atoms with Gasteiger partial charge in [-0.3, -0.25) is 0 Å². The highest BCUT2D eigenvalue weighted by Gasteiger charge is 2.08. The second kappa shape index (κ2) is 7.03. The summed E-state index contributed by atoms with van der Waals surface area (Å²) in [5, 5.41) is 6.65. The monoisotopic (exact) mass is 340 g/mol. The number of ether oxygens (including phenoxy) is 1. The molecule has 5 heteroatoms. The standard InChI is InChI=1S/C14H17BrN2OS/c1-10(14-17-5-6-19-14)8-16-9-11-7-12(15)3-4-13(11)18-2/h3-7,10,16H,8-9H2,1-2H3. The number of rotatable bonds is 6. The van der Waals surface area contributed by atoms with Crippen molar-refractivity contribution >= 4 is 27.3 Å². The summed E-state index contributed by atoms with van der Waals surface area (Å²) in [5.74, 6) is 1.34. The Hall–Kier alpha value is -0.910. The summed E-state index contributed by atoms with van der Waals surface area (Å²) in [6, 6.07) is 6.05. The van der Waals surface area contributed by atoms with Crippen LogP contribution in [0.25, 0.3) is 0 Å². The third kappa shape index (κ3) is 4.03. The lowest BCUT2D eigenvalue weighted by Crippen LogP contribution is -2.20. The fourth-order valence-electron chi connectivity index (χ4n) is 1.87. The molecule has 2 aromatic rings. The molecule has 3 nitrogen and oxygen atoms in total. The van der Waals surface area contributed by atoms with Gasteiger partial charge >= 0.3 is 0 Å². The minimum absolute atomic E-state index is 0.429. The summed E-state index contributed by atoms with van der Waals surface area (Å²) in [6.07, 6.45) is 1.85. The second-order valence-corrected chi connectivity index (χ2v) is 6.20. The molecule has 0 saturated carbocycles. The van der Waals surface area contributed by atoms with Gasteiger partial charge in [0.2, 0.25) is 0 Å². The van der Waals surface area contributed by atoms with Crippen molar-refractivity contribution in [3.63, 3.8) is 0 Å². The number of methoxy groups -OCH3 is 1. The largest absolute Gasteiger partial charge is 0.496 e. The molecule has 0 amide bonds. The minimum Gasteiger partial charge on any atom is -0.496 e. The van der Waals surface area contributed by atoms with Crippen LogP contribution < -0.4 is 10.1 Å². The van der Waals surface area contributed by atoms with Gasteiger partial charge in [-0.25, -0.2) is 4.98 Å². The summed E-state index contributed by atoms with van der Waals surface area (Å²) in [7, 11) is 1.70. The van der Waals surface area contributed by atoms with Crippen molar-refractivity contribution in [3.05, 3.63) is 44.8 Å². The van der Waals surface area contributed by atoms with Crippen molar-refractivity contribution < 1.29 is 4.74 Å². The van der Waals surface area contributed by atoms with Crippen LogP contribution in [-0.2, 0) is 6.54 Å². The van der Waals surface area contributed by atoms with E-state index in [1.165, 1.54) is 5.01 Å². The molecule has 0 radical (unpaired) electrons. The number of aromatic nitrogens is 1. The van der Waals surface area contributed by atoms with E-state index in [9.17, 15) is 0 Å². The van der Waals surface area contributed by atoms with Gasteiger partial charge in [0, 0.05) is 40.6 Å². The van der Waals surface area contributed by atoms with Crippen LogP contribution in [0.2, 0.25) is 0 Å². The first kappa shape index (κ1) is 14.5. The van der Waals surface area contributed by atoms with Gasteiger partial charge in [-0.1, -0.05) is 22.9 Å². The molecule has 0 fully saturated rings. The molecule has 19 heavy (non-hydrogen) atoms. The molecule has 0 aliphatic heterocycles. The molecule has 0 aliphatic rings. The first-order chi connectivity index (χ1) is 9.20. The Morgan fingerprint density at radius 2 is 2.32 bits per heavy atom. The van der Waals surface area contributed by atoms with Crippen molar-refractivity contribution in [2.24, 2.45) is 0 Å². The molecule has 1 atom stereocenters. The van der Waals surface area contributed by atoms with Crippen LogP contribution in [0.3, 0.4) is 0 Å². The Morgan fingerprint density at radius 3 is 3.00 bits per heavy atom. The van der Waals surface area contributed by atoms with Crippen LogP contribution in [0, 0.1) is 0 Å². The molecule has 0 aliphatic carbocycles. The Labute approximate surface area is 126 Å². The van der Waals surface area contributed by atoms with Crippen molar-refractivity contribution in [1.29, 1.82) is 0 Å². The molecule has 0 saturated heterocycles. The molecular formula is C14H17BrN2OS. The number of halogens is 1. The quantitative estimate of drug-likeness (QED) is 0.868. The highest BCUT2D eigenvalue weighted by Crippen LogP contribution is 2.23. The molecule has 0 spiro atoms. The summed E-state index contributed by atoms with van der Waals surface area (Å²) < 4.78 is 6.43. The smallest absolute Gasteiger partial charge is 0.123 e. The predicted octanol–water partition coefficient (Wildman–Crippen LogP) is 3.81. The normalized spacial score (nSPS) is 12.4. The van der Waals surface area contributed by atoms with Crippen molar-refractivity contribution in [3.8, 4) is 5.75 Å². The maximum atomic E-state index is 5.36. The molecule has 1 N–H and O–H groups in total. The molecule has 1 aromatic heterocycles. The maximum Gasteiger partial charge on any atom is 0.123 e. The zero-order valence-corrected chi connectivity index (χ0v) is 13.4. The van der Waals surface area contributed by atoms with Crippen LogP contribution in [0.15, 0.2) is 34.2 Å². The summed E-state index contributed by atoms with van der Waals surface area (Å²) in [6.45, 7) is 3.88. The first-order valence-electron chi connectivity index (χ1n) is 6.13. The Bertz CT molecular complexity index is 516. The zero-order chi connectivity index (χ0) is 13.7. The van der Waals surface area contributed by atoms with Gasteiger partial charge in [0.05, 0.1) is 12.1 Å². The van der Waals surface area contributed by atoms with Crippen molar-refractivity contribution in [2.45, 2.75) is 19.4 Å². The zero-order valence-electron chi connectivity index (χ0n) is 11.0. The molecule has 1 unspecified atom stereocenters. The molecule has 2 rings (SSSR count). The highest BCUT2D eigenvalue weighted by molar-refractivity contribution is 9.10. The van der Waals surface area contributed by atoms with E-state index in [0.29, 0.717) is 5.92 Å². The molecule has 1 aromatic carbocycles. The average Bonchev–Trinajstić information content (AvgIpc) is 2.93. The van der Waals surface area contributed by atoms with E-state index < -0.39 is 0 Å². The fraction of sp³-hybridized carbons (Fsp3) is 0.357. The van der Waals surface area contributed by atoms with Crippen LogP contribution in [0.5, 0.6) is 5.75 Å². The van der Waals surface area contributed by atoms with E-state index in [1.54, 1.807) is 18.4 Å². The number of hydrogen-bond acceptors (Lipinski definition) is 4. The molecule has 102 valence electrons. The number of nitrogens with zero attached hydrogens (tertiary/aromatic N) is 1. The minimum atomic E-state index is 0.429. The lowest BCUT2D eigenvalue weighted by Gasteiger charge is -2.12. The van der Waals surface area contributed by atoms with E-state index in [1.807, 2.05) is 23.7 Å². The summed E-state index contributed by atoms with van der Waals surface area (Å²) >= 11 is 5.19. The predicted molar refractivity (Wildman–Crippen MR) is 82.9 cm³/mol. The fourth-order valence-corrected chi connectivity index (χ4v) is 2.98. The van der Waals surface area contributed by atoms with Crippen molar-refractivity contribution in [2.75, 3.05) is 13.7 Å². The molecule has 0 bridgehead atoms. The average molecular weight is 341 g/mol. The first-order valence-corrected chi connectivity index (χ1v) is 7.80. The van der Waals surface area contributed by atoms with E-state index in [4.69, 9.17) is 4.74 Å². The van der Waals surface area contributed by atoms with Gasteiger partial charge in [0.1, 0.15) is 5.75 Å². The highest BCUT2D eigenvalue weighted by atomic mass is 79.9. The second-order valence-electron chi connectivity index (χ2n) is 4.36. The third-order valence-electron chi connectivity index (χ3n) is 2.88. The van der Waals surface area contributed by atoms with Gasteiger partial charge in [-0.2, -0.15) is 0 Å². The van der Waals surface area contributed by atoms with Gasteiger partial charge in [0.25, 0.3) is 0 Å². The van der Waals surface area contributed by atoms with Gasteiger partial charge in [-0.15, -0.1) is 11.3 Å². The Kier molecular flexibility index (Phi) is 5.36.